The first-order valence-electron chi connectivity index (χ1n) is 9.04. The molecule has 9 nitrogen and oxygen atoms in total. The molecule has 0 amide bonds. The van der Waals surface area contributed by atoms with Crippen LogP contribution in [0.15, 0.2) is 61.1 Å². The van der Waals surface area contributed by atoms with E-state index in [1.165, 1.54) is 0 Å². The van der Waals surface area contributed by atoms with E-state index in [9.17, 15) is 0 Å². The average Bonchev–Trinajstić information content (AvgIpc) is 3.45. The molecule has 1 N–H and O–H groups in total. The summed E-state index contributed by atoms with van der Waals surface area (Å²) in [6.45, 7) is 1.98. The number of fused-ring (bicyclic) bond motifs is 1. The molecule has 0 aliphatic rings. The molecule has 0 bridgehead atoms. The molecular formula is C20H17N9. The van der Waals surface area contributed by atoms with E-state index >= 15 is 0 Å². The van der Waals surface area contributed by atoms with Crippen molar-refractivity contribution in [2.75, 3.05) is 11.9 Å². The van der Waals surface area contributed by atoms with Crippen molar-refractivity contribution < 1.29 is 0 Å². The number of aryl methyl sites for hydroxylation is 1. The van der Waals surface area contributed by atoms with Crippen LogP contribution in [0.1, 0.15) is 5.69 Å². The van der Waals surface area contributed by atoms with Gasteiger partial charge in [-0.1, -0.05) is 12.1 Å². The van der Waals surface area contributed by atoms with Crippen LogP contribution in [-0.2, 0) is 0 Å². The maximum atomic E-state index is 4.51. The molecule has 0 atom stereocenters. The smallest absolute Gasteiger partial charge is 0.206 e. The van der Waals surface area contributed by atoms with Gasteiger partial charge in [-0.25, -0.2) is 4.98 Å². The number of benzene rings is 1. The lowest BCUT2D eigenvalue weighted by Gasteiger charge is -2.21. The molecule has 5 aromatic rings. The van der Waals surface area contributed by atoms with E-state index in [-0.39, 0.29) is 0 Å². The van der Waals surface area contributed by atoms with Crippen LogP contribution >= 0.6 is 0 Å². The number of nitrogens with one attached hydrogen (secondary N) is 1. The second-order valence-corrected chi connectivity index (χ2v) is 6.62. The standard InChI is InChI=1S/C20H17N9/c1-13-11-19(29-18(23-13)8-10-22-29)28(2)15-5-3-14(4-6-15)16-7-9-21-12-17(16)20-24-26-27-25-20/h3-12H,1-2H3,(H,24,25,26,27). The molecule has 0 saturated heterocycles. The molecule has 0 aliphatic carbocycles. The molecule has 0 spiro atoms. The summed E-state index contributed by atoms with van der Waals surface area (Å²) in [5.41, 5.74) is 5.66. The summed E-state index contributed by atoms with van der Waals surface area (Å²) >= 11 is 0. The molecule has 0 radical (unpaired) electrons. The zero-order valence-corrected chi connectivity index (χ0v) is 15.9. The fourth-order valence-corrected chi connectivity index (χ4v) is 3.35. The summed E-state index contributed by atoms with van der Waals surface area (Å²) in [6.07, 6.45) is 5.26. The Hall–Kier alpha value is -4.14. The van der Waals surface area contributed by atoms with Crippen molar-refractivity contribution in [1.29, 1.82) is 0 Å². The topological polar surface area (TPSA) is 101 Å². The quantitative estimate of drug-likeness (QED) is 0.509. The Kier molecular flexibility index (Phi) is 3.98. The minimum absolute atomic E-state index is 0.516. The number of anilines is 2. The molecule has 0 unspecified atom stereocenters. The molecule has 4 heterocycles. The van der Waals surface area contributed by atoms with Gasteiger partial charge in [-0.2, -0.15) is 14.8 Å². The highest BCUT2D eigenvalue weighted by Gasteiger charge is 2.14. The lowest BCUT2D eigenvalue weighted by molar-refractivity contribution is 0.881. The maximum Gasteiger partial charge on any atom is 0.206 e. The van der Waals surface area contributed by atoms with Crippen LogP contribution in [0, 0.1) is 6.92 Å². The van der Waals surface area contributed by atoms with Gasteiger partial charge < -0.3 is 4.90 Å². The van der Waals surface area contributed by atoms with E-state index in [1.54, 1.807) is 18.6 Å². The third kappa shape index (κ3) is 2.98. The number of nitrogens with zero attached hydrogens (tertiary/aromatic N) is 8. The van der Waals surface area contributed by atoms with Gasteiger partial charge in [0.2, 0.25) is 5.82 Å². The van der Waals surface area contributed by atoms with Crippen LogP contribution < -0.4 is 4.90 Å². The van der Waals surface area contributed by atoms with E-state index in [0.29, 0.717) is 5.82 Å². The highest BCUT2D eigenvalue weighted by molar-refractivity contribution is 5.80. The maximum absolute atomic E-state index is 4.51. The summed E-state index contributed by atoms with van der Waals surface area (Å²) in [6, 6.07) is 14.1. The highest BCUT2D eigenvalue weighted by atomic mass is 15.5. The fraction of sp³-hybridized carbons (Fsp3) is 0.100. The number of hydrogen-bond acceptors (Lipinski definition) is 7. The zero-order valence-electron chi connectivity index (χ0n) is 15.9. The lowest BCUT2D eigenvalue weighted by atomic mass is 10.0. The first-order valence-corrected chi connectivity index (χ1v) is 9.04. The number of aromatic amines is 1. The van der Waals surface area contributed by atoms with E-state index in [1.807, 2.05) is 36.7 Å². The fourth-order valence-electron chi connectivity index (χ4n) is 3.35. The van der Waals surface area contributed by atoms with Crippen molar-refractivity contribution in [2.45, 2.75) is 6.92 Å². The van der Waals surface area contributed by atoms with Gasteiger partial charge in [-0.3, -0.25) is 4.98 Å². The van der Waals surface area contributed by atoms with Gasteiger partial charge in [0.25, 0.3) is 0 Å². The van der Waals surface area contributed by atoms with Crippen LogP contribution in [0.4, 0.5) is 11.5 Å². The van der Waals surface area contributed by atoms with Crippen molar-refractivity contribution in [2.24, 2.45) is 0 Å². The number of pyridine rings is 1. The Bertz CT molecular complexity index is 1270. The van der Waals surface area contributed by atoms with Crippen molar-refractivity contribution in [3.63, 3.8) is 0 Å². The normalized spacial score (nSPS) is 11.1. The van der Waals surface area contributed by atoms with E-state index in [4.69, 9.17) is 0 Å². The summed E-state index contributed by atoms with van der Waals surface area (Å²) in [5.74, 6) is 1.46. The molecule has 1 aromatic carbocycles. The Morgan fingerprint density at radius 1 is 1.00 bits per heavy atom. The van der Waals surface area contributed by atoms with Crippen LogP contribution in [0.5, 0.6) is 0 Å². The van der Waals surface area contributed by atoms with E-state index in [2.05, 4.69) is 64.9 Å². The molecule has 5 rings (SSSR count). The monoisotopic (exact) mass is 383 g/mol. The van der Waals surface area contributed by atoms with Crippen LogP contribution in [0.25, 0.3) is 28.2 Å². The molecule has 9 heteroatoms. The highest BCUT2D eigenvalue weighted by Crippen LogP contribution is 2.31. The SMILES string of the molecule is Cc1cc(N(C)c2ccc(-c3ccncc3-c3nn[nH]n3)cc2)n2nccc2n1. The zero-order chi connectivity index (χ0) is 19.8. The van der Waals surface area contributed by atoms with Gasteiger partial charge in [0.1, 0.15) is 5.82 Å². The van der Waals surface area contributed by atoms with Gasteiger partial charge in [0.05, 0.1) is 6.20 Å². The van der Waals surface area contributed by atoms with Crippen LogP contribution in [0.3, 0.4) is 0 Å². The largest absolute Gasteiger partial charge is 0.329 e. The molecule has 29 heavy (non-hydrogen) atoms. The number of aromatic nitrogens is 8. The minimum atomic E-state index is 0.516. The second kappa shape index (κ2) is 6.79. The Balaban J connectivity index is 1.52. The van der Waals surface area contributed by atoms with Crippen molar-refractivity contribution in [3.05, 3.63) is 66.7 Å². The minimum Gasteiger partial charge on any atom is -0.329 e. The summed E-state index contributed by atoms with van der Waals surface area (Å²) in [4.78, 5) is 10.8. The lowest BCUT2D eigenvalue weighted by Crippen LogP contribution is -2.14. The van der Waals surface area contributed by atoms with Crippen LogP contribution in [-0.4, -0.2) is 47.3 Å². The molecule has 0 fully saturated rings. The first-order chi connectivity index (χ1) is 14.2. The molecule has 4 aromatic heterocycles. The summed E-state index contributed by atoms with van der Waals surface area (Å²) in [7, 11) is 2.02. The molecule has 0 saturated carbocycles. The number of rotatable bonds is 4. The molecular weight excluding hydrogens is 366 g/mol. The van der Waals surface area contributed by atoms with Crippen molar-refractivity contribution in [1.82, 2.24) is 40.2 Å². The van der Waals surface area contributed by atoms with Gasteiger partial charge >= 0.3 is 0 Å². The number of tetrazole rings is 1. The average molecular weight is 383 g/mol. The summed E-state index contributed by atoms with van der Waals surface area (Å²) < 4.78 is 1.83. The van der Waals surface area contributed by atoms with Gasteiger partial charge in [0, 0.05) is 48.5 Å². The third-order valence-electron chi connectivity index (χ3n) is 4.79. The Morgan fingerprint density at radius 2 is 1.86 bits per heavy atom. The van der Waals surface area contributed by atoms with E-state index < -0.39 is 0 Å². The van der Waals surface area contributed by atoms with Crippen LogP contribution in [0.2, 0.25) is 0 Å². The predicted molar refractivity (Wildman–Crippen MR) is 109 cm³/mol. The van der Waals surface area contributed by atoms with Gasteiger partial charge in [-0.15, -0.1) is 10.2 Å². The summed E-state index contributed by atoms with van der Waals surface area (Å²) in [5, 5.41) is 18.7. The first kappa shape index (κ1) is 17.0. The molecule has 142 valence electrons. The van der Waals surface area contributed by atoms with Crippen molar-refractivity contribution in [3.8, 4) is 22.5 Å². The Morgan fingerprint density at radius 3 is 2.66 bits per heavy atom. The van der Waals surface area contributed by atoms with Gasteiger partial charge in [-0.05, 0) is 41.5 Å². The number of hydrogen-bond donors (Lipinski definition) is 1. The van der Waals surface area contributed by atoms with Gasteiger partial charge in [0.15, 0.2) is 5.65 Å². The molecule has 0 aliphatic heterocycles. The van der Waals surface area contributed by atoms with E-state index in [0.717, 1.165) is 39.5 Å². The predicted octanol–water partition coefficient (Wildman–Crippen LogP) is 3.05. The Labute approximate surface area is 166 Å². The number of H-pyrrole nitrogens is 1. The second-order valence-electron chi connectivity index (χ2n) is 6.62. The van der Waals surface area contributed by atoms with Crippen molar-refractivity contribution >= 4 is 17.2 Å². The third-order valence-corrected chi connectivity index (χ3v) is 4.79.